The Balaban J connectivity index is 2.79. The van der Waals surface area contributed by atoms with Gasteiger partial charge in [-0.2, -0.15) is 0 Å². The van der Waals surface area contributed by atoms with Crippen LogP contribution in [-0.2, 0) is 4.79 Å². The molecule has 1 fully saturated rings. The first-order chi connectivity index (χ1) is 4.61. The first-order valence-electron chi connectivity index (χ1n) is 3.78. The van der Waals surface area contributed by atoms with Crippen molar-refractivity contribution in [1.82, 2.24) is 0 Å². The molecule has 1 aliphatic rings. The van der Waals surface area contributed by atoms with Crippen molar-refractivity contribution >= 4 is 5.78 Å². The fraction of sp³-hybridized carbons (Fsp3) is 0.667. The van der Waals surface area contributed by atoms with E-state index in [2.05, 4.69) is 0 Å². The molecule has 0 N–H and O–H groups in total. The van der Waals surface area contributed by atoms with Crippen LogP contribution in [-0.4, -0.2) is 5.78 Å². The van der Waals surface area contributed by atoms with E-state index >= 15 is 0 Å². The van der Waals surface area contributed by atoms with Gasteiger partial charge in [-0.15, -0.1) is 0 Å². The first kappa shape index (κ1) is 7.52. The number of hydrogen-bond acceptors (Lipinski definition) is 1. The van der Waals surface area contributed by atoms with Gasteiger partial charge in [0.15, 0.2) is 0 Å². The highest BCUT2D eigenvalue weighted by Crippen LogP contribution is 2.42. The molecule has 0 spiro atoms. The molecule has 1 atom stereocenters. The zero-order valence-electron chi connectivity index (χ0n) is 6.90. The quantitative estimate of drug-likeness (QED) is 0.508. The van der Waals surface area contributed by atoms with Crippen molar-refractivity contribution in [3.8, 4) is 0 Å². The molecule has 0 amide bonds. The van der Waals surface area contributed by atoms with Gasteiger partial charge in [0.2, 0.25) is 0 Å². The molecule has 0 bridgehead atoms. The summed E-state index contributed by atoms with van der Waals surface area (Å²) in [6, 6.07) is 0. The fourth-order valence-corrected chi connectivity index (χ4v) is 1.34. The number of Topliss-reactive ketones (excluding diaryl/α,β-unsaturated/α-hetero) is 1. The lowest BCUT2D eigenvalue weighted by molar-refractivity contribution is -0.133. The van der Waals surface area contributed by atoms with Crippen LogP contribution in [0.1, 0.15) is 33.6 Å². The Kier molecular flexibility index (Phi) is 1.67. The topological polar surface area (TPSA) is 17.1 Å². The molecule has 0 aromatic carbocycles. The summed E-state index contributed by atoms with van der Waals surface area (Å²) in [4.78, 5) is 11.1. The predicted octanol–water partition coefficient (Wildman–Crippen LogP) is 2.32. The van der Waals surface area contributed by atoms with Crippen LogP contribution in [0.25, 0.3) is 0 Å². The Morgan fingerprint density at radius 3 is 2.40 bits per heavy atom. The highest BCUT2D eigenvalue weighted by atomic mass is 16.1. The molecule has 1 nitrogen and oxygen atoms in total. The number of ketones is 1. The molecule has 0 heterocycles. The van der Waals surface area contributed by atoms with Gasteiger partial charge < -0.3 is 0 Å². The van der Waals surface area contributed by atoms with E-state index in [0.29, 0.717) is 5.78 Å². The Hall–Kier alpha value is -0.590. The second-order valence-corrected chi connectivity index (χ2v) is 3.23. The second kappa shape index (κ2) is 2.22. The lowest BCUT2D eigenvalue weighted by atomic mass is 9.65. The van der Waals surface area contributed by atoms with E-state index in [1.54, 1.807) is 0 Å². The third-order valence-corrected chi connectivity index (χ3v) is 2.77. The molecule has 1 rings (SSSR count). The predicted molar refractivity (Wildman–Crippen MR) is 41.8 cm³/mol. The van der Waals surface area contributed by atoms with Crippen LogP contribution in [0.3, 0.4) is 0 Å². The standard InChI is InChI=1S/C9H14O/c1-4-7(2)9(3)6-5-8(9)10/h4H,5-6H2,1-3H3/b7-4+. The van der Waals surface area contributed by atoms with Gasteiger partial charge in [-0.3, -0.25) is 4.79 Å². The molecule has 0 saturated heterocycles. The molecule has 10 heavy (non-hydrogen) atoms. The molecule has 1 unspecified atom stereocenters. The van der Waals surface area contributed by atoms with Gasteiger partial charge in [0.1, 0.15) is 5.78 Å². The fourth-order valence-electron chi connectivity index (χ4n) is 1.34. The summed E-state index contributed by atoms with van der Waals surface area (Å²) in [7, 11) is 0. The monoisotopic (exact) mass is 138 g/mol. The van der Waals surface area contributed by atoms with Crippen LogP contribution in [0.15, 0.2) is 11.6 Å². The SMILES string of the molecule is C/C=C(\C)C1(C)CCC1=O. The molecule has 1 heteroatoms. The van der Waals surface area contributed by atoms with Crippen LogP contribution in [0.5, 0.6) is 0 Å². The largest absolute Gasteiger partial charge is 0.299 e. The highest BCUT2D eigenvalue weighted by molar-refractivity contribution is 5.92. The van der Waals surface area contributed by atoms with E-state index in [1.165, 1.54) is 5.57 Å². The number of hydrogen-bond donors (Lipinski definition) is 0. The van der Waals surface area contributed by atoms with Crippen molar-refractivity contribution in [2.24, 2.45) is 5.41 Å². The summed E-state index contributed by atoms with van der Waals surface area (Å²) in [5.41, 5.74) is 1.14. The van der Waals surface area contributed by atoms with Crippen LogP contribution >= 0.6 is 0 Å². The van der Waals surface area contributed by atoms with E-state index in [0.717, 1.165) is 12.8 Å². The molecule has 56 valence electrons. The molecular formula is C9H14O. The molecule has 0 radical (unpaired) electrons. The summed E-state index contributed by atoms with van der Waals surface area (Å²) in [5, 5.41) is 0. The van der Waals surface area contributed by atoms with Crippen molar-refractivity contribution in [3.05, 3.63) is 11.6 Å². The van der Waals surface area contributed by atoms with E-state index in [9.17, 15) is 4.79 Å². The molecule has 0 aliphatic heterocycles. The molecule has 1 aliphatic carbocycles. The average molecular weight is 138 g/mol. The summed E-state index contributed by atoms with van der Waals surface area (Å²) in [6.07, 6.45) is 3.86. The minimum atomic E-state index is -0.0885. The van der Waals surface area contributed by atoms with Crippen molar-refractivity contribution < 1.29 is 4.79 Å². The average Bonchev–Trinajstić information content (AvgIpc) is 1.98. The summed E-state index contributed by atoms with van der Waals surface area (Å²) in [5.74, 6) is 0.406. The van der Waals surface area contributed by atoms with Gasteiger partial charge >= 0.3 is 0 Å². The first-order valence-corrected chi connectivity index (χ1v) is 3.78. The smallest absolute Gasteiger partial charge is 0.142 e. The Morgan fingerprint density at radius 2 is 2.30 bits per heavy atom. The lowest BCUT2D eigenvalue weighted by Crippen LogP contribution is -2.38. The van der Waals surface area contributed by atoms with Gasteiger partial charge in [-0.1, -0.05) is 11.6 Å². The minimum absolute atomic E-state index is 0.0885. The van der Waals surface area contributed by atoms with E-state index < -0.39 is 0 Å². The second-order valence-electron chi connectivity index (χ2n) is 3.23. The number of carbonyl (C=O) groups excluding carboxylic acids is 1. The third-order valence-electron chi connectivity index (χ3n) is 2.77. The van der Waals surface area contributed by atoms with Gasteiger partial charge in [0, 0.05) is 11.8 Å². The Morgan fingerprint density at radius 1 is 1.70 bits per heavy atom. The molecule has 1 saturated carbocycles. The van der Waals surface area contributed by atoms with Gasteiger partial charge in [0.05, 0.1) is 0 Å². The maximum atomic E-state index is 11.1. The van der Waals surface area contributed by atoms with Gasteiger partial charge in [0.25, 0.3) is 0 Å². The minimum Gasteiger partial charge on any atom is -0.299 e. The zero-order chi connectivity index (χ0) is 7.78. The molecule has 0 aromatic rings. The van der Waals surface area contributed by atoms with Crippen molar-refractivity contribution in [2.45, 2.75) is 33.6 Å². The number of allylic oxidation sites excluding steroid dienone is 2. The lowest BCUT2D eigenvalue weighted by Gasteiger charge is -2.37. The van der Waals surface area contributed by atoms with Crippen LogP contribution < -0.4 is 0 Å². The van der Waals surface area contributed by atoms with Crippen LogP contribution in [0.4, 0.5) is 0 Å². The summed E-state index contributed by atoms with van der Waals surface area (Å²) < 4.78 is 0. The Labute approximate surface area is 62.1 Å². The Bertz CT molecular complexity index is 191. The van der Waals surface area contributed by atoms with Crippen molar-refractivity contribution in [3.63, 3.8) is 0 Å². The van der Waals surface area contributed by atoms with E-state index in [-0.39, 0.29) is 5.41 Å². The molecular weight excluding hydrogens is 124 g/mol. The van der Waals surface area contributed by atoms with E-state index in [4.69, 9.17) is 0 Å². The maximum absolute atomic E-state index is 11.1. The normalized spacial score (nSPS) is 33.9. The number of rotatable bonds is 1. The maximum Gasteiger partial charge on any atom is 0.142 e. The van der Waals surface area contributed by atoms with Crippen molar-refractivity contribution in [1.29, 1.82) is 0 Å². The zero-order valence-corrected chi connectivity index (χ0v) is 6.90. The number of carbonyl (C=O) groups is 1. The van der Waals surface area contributed by atoms with Crippen LogP contribution in [0.2, 0.25) is 0 Å². The van der Waals surface area contributed by atoms with Gasteiger partial charge in [-0.05, 0) is 27.2 Å². The van der Waals surface area contributed by atoms with Crippen LogP contribution in [0, 0.1) is 5.41 Å². The summed E-state index contributed by atoms with van der Waals surface area (Å²) in [6.45, 7) is 6.07. The molecule has 0 aromatic heterocycles. The third kappa shape index (κ3) is 0.808. The summed E-state index contributed by atoms with van der Waals surface area (Å²) >= 11 is 0. The van der Waals surface area contributed by atoms with Gasteiger partial charge in [-0.25, -0.2) is 0 Å². The van der Waals surface area contributed by atoms with E-state index in [1.807, 2.05) is 26.8 Å². The van der Waals surface area contributed by atoms with Crippen molar-refractivity contribution in [2.75, 3.05) is 0 Å². The highest BCUT2D eigenvalue weighted by Gasteiger charge is 2.42.